The summed E-state index contributed by atoms with van der Waals surface area (Å²) >= 11 is 0. The predicted octanol–water partition coefficient (Wildman–Crippen LogP) is 2.97. The molecule has 3 aromatic rings. The quantitative estimate of drug-likeness (QED) is 0.515. The Morgan fingerprint density at radius 2 is 1.85 bits per heavy atom. The molecule has 0 saturated carbocycles. The van der Waals surface area contributed by atoms with E-state index in [9.17, 15) is 14.4 Å². The van der Waals surface area contributed by atoms with Gasteiger partial charge in [0.15, 0.2) is 0 Å². The Labute approximate surface area is 154 Å². The summed E-state index contributed by atoms with van der Waals surface area (Å²) in [6, 6.07) is 6.76. The Morgan fingerprint density at radius 1 is 1.11 bits per heavy atom. The Balaban J connectivity index is 2.32. The third kappa shape index (κ3) is 3.40. The Kier molecular flexibility index (Phi) is 4.94. The fourth-order valence-corrected chi connectivity index (χ4v) is 2.83. The van der Waals surface area contributed by atoms with Gasteiger partial charge in [0, 0.05) is 0 Å². The number of pyridine rings is 1. The van der Waals surface area contributed by atoms with E-state index in [-0.39, 0.29) is 40.1 Å². The second kappa shape index (κ2) is 7.19. The van der Waals surface area contributed by atoms with Crippen molar-refractivity contribution < 1.29 is 23.5 Å². The van der Waals surface area contributed by atoms with Crippen LogP contribution in [0.3, 0.4) is 0 Å². The third-order valence-electron chi connectivity index (χ3n) is 4.38. The average Bonchev–Trinajstić information content (AvgIpc) is 2.66. The van der Waals surface area contributed by atoms with Crippen LogP contribution in [0.1, 0.15) is 41.4 Å². The van der Waals surface area contributed by atoms with Gasteiger partial charge in [-0.3, -0.25) is 9.59 Å². The normalized spacial score (nSPS) is 11.1. The fraction of sp³-hybridized carbons (Fsp3) is 0.300. The summed E-state index contributed by atoms with van der Waals surface area (Å²) in [5, 5.41) is 0.560. The summed E-state index contributed by atoms with van der Waals surface area (Å²) in [4.78, 5) is 41.0. The van der Waals surface area contributed by atoms with Crippen LogP contribution in [0.5, 0.6) is 0 Å². The number of esters is 2. The lowest BCUT2D eigenvalue weighted by molar-refractivity contribution is -0.139. The number of ether oxygens (including phenoxy) is 2. The maximum atomic E-state index is 13.0. The zero-order chi connectivity index (χ0) is 19.7. The van der Waals surface area contributed by atoms with Crippen molar-refractivity contribution in [2.75, 3.05) is 14.2 Å². The topological polar surface area (TPSA) is 95.7 Å². The lowest BCUT2D eigenvalue weighted by atomic mass is 10.0. The molecule has 0 aliphatic rings. The Morgan fingerprint density at radius 3 is 2.48 bits per heavy atom. The molecule has 0 spiro atoms. The van der Waals surface area contributed by atoms with Crippen molar-refractivity contribution in [3.63, 3.8) is 0 Å². The monoisotopic (exact) mass is 369 g/mol. The molecule has 140 valence electrons. The number of nitrogens with zero attached hydrogens (tertiary/aromatic N) is 1. The SMILES string of the molecule is COC(=O)Cc1nc2oc3ccc(C(C)C)cc3c(=O)c2cc1C(=O)OC. The van der Waals surface area contributed by atoms with Crippen molar-refractivity contribution >= 4 is 34.0 Å². The van der Waals surface area contributed by atoms with Gasteiger partial charge in [0.2, 0.25) is 11.1 Å². The maximum Gasteiger partial charge on any atom is 0.339 e. The van der Waals surface area contributed by atoms with E-state index in [1.54, 1.807) is 12.1 Å². The molecule has 0 radical (unpaired) electrons. The highest BCUT2D eigenvalue weighted by atomic mass is 16.5. The minimum atomic E-state index is -0.696. The molecule has 0 unspecified atom stereocenters. The van der Waals surface area contributed by atoms with E-state index in [2.05, 4.69) is 9.72 Å². The number of hydrogen-bond donors (Lipinski definition) is 0. The van der Waals surface area contributed by atoms with Crippen LogP contribution in [-0.2, 0) is 20.7 Å². The van der Waals surface area contributed by atoms with E-state index in [1.165, 1.54) is 20.3 Å². The smallest absolute Gasteiger partial charge is 0.339 e. The molecule has 7 heteroatoms. The highest BCUT2D eigenvalue weighted by Crippen LogP contribution is 2.24. The number of carbonyl (C=O) groups is 2. The van der Waals surface area contributed by atoms with Crippen molar-refractivity contribution in [3.05, 3.63) is 51.3 Å². The first-order chi connectivity index (χ1) is 12.8. The molecule has 0 bridgehead atoms. The summed E-state index contributed by atoms with van der Waals surface area (Å²) in [6.45, 7) is 4.06. The van der Waals surface area contributed by atoms with Crippen molar-refractivity contribution in [1.29, 1.82) is 0 Å². The zero-order valence-corrected chi connectivity index (χ0v) is 15.5. The second-order valence-electron chi connectivity index (χ2n) is 6.42. The number of methoxy groups -OCH3 is 2. The summed E-state index contributed by atoms with van der Waals surface area (Å²) in [5.74, 6) is -1.02. The second-order valence-corrected chi connectivity index (χ2v) is 6.42. The molecule has 0 N–H and O–H groups in total. The number of aromatic nitrogens is 1. The molecule has 0 fully saturated rings. The summed E-state index contributed by atoms with van der Waals surface area (Å²) < 4.78 is 15.2. The van der Waals surface area contributed by atoms with E-state index < -0.39 is 11.9 Å². The van der Waals surface area contributed by atoms with Crippen LogP contribution in [0, 0.1) is 0 Å². The maximum absolute atomic E-state index is 13.0. The molecular weight excluding hydrogens is 350 g/mol. The largest absolute Gasteiger partial charge is 0.469 e. The molecule has 2 heterocycles. The van der Waals surface area contributed by atoms with E-state index in [1.807, 2.05) is 19.9 Å². The van der Waals surface area contributed by atoms with Gasteiger partial charge in [-0.1, -0.05) is 19.9 Å². The van der Waals surface area contributed by atoms with Gasteiger partial charge in [-0.25, -0.2) is 9.78 Å². The summed E-state index contributed by atoms with van der Waals surface area (Å²) in [7, 11) is 2.45. The van der Waals surface area contributed by atoms with E-state index >= 15 is 0 Å². The van der Waals surface area contributed by atoms with Crippen molar-refractivity contribution in [1.82, 2.24) is 4.98 Å². The van der Waals surface area contributed by atoms with Gasteiger partial charge in [0.25, 0.3) is 0 Å². The molecule has 3 rings (SSSR count). The van der Waals surface area contributed by atoms with Crippen LogP contribution in [-0.4, -0.2) is 31.1 Å². The molecule has 0 aliphatic heterocycles. The van der Waals surface area contributed by atoms with Crippen molar-refractivity contribution in [3.8, 4) is 0 Å². The first kappa shape index (κ1) is 18.6. The van der Waals surface area contributed by atoms with Gasteiger partial charge < -0.3 is 13.9 Å². The van der Waals surface area contributed by atoms with E-state index in [4.69, 9.17) is 9.15 Å². The number of rotatable bonds is 4. The molecule has 2 aromatic heterocycles. The zero-order valence-electron chi connectivity index (χ0n) is 15.5. The number of benzene rings is 1. The van der Waals surface area contributed by atoms with Gasteiger partial charge >= 0.3 is 11.9 Å². The molecule has 7 nitrogen and oxygen atoms in total. The van der Waals surface area contributed by atoms with Crippen LogP contribution in [0.25, 0.3) is 22.1 Å². The molecule has 0 amide bonds. The van der Waals surface area contributed by atoms with Gasteiger partial charge in [-0.15, -0.1) is 0 Å². The minimum Gasteiger partial charge on any atom is -0.469 e. The average molecular weight is 369 g/mol. The molecule has 0 aliphatic carbocycles. The number of carbonyl (C=O) groups excluding carboxylic acids is 2. The predicted molar refractivity (Wildman–Crippen MR) is 98.9 cm³/mol. The summed E-state index contributed by atoms with van der Waals surface area (Å²) in [6.07, 6.45) is -0.245. The van der Waals surface area contributed by atoms with Crippen LogP contribution in [0.2, 0.25) is 0 Å². The first-order valence-electron chi connectivity index (χ1n) is 8.41. The van der Waals surface area contributed by atoms with Crippen molar-refractivity contribution in [2.45, 2.75) is 26.2 Å². The molecule has 0 saturated heterocycles. The van der Waals surface area contributed by atoms with Crippen molar-refractivity contribution in [2.24, 2.45) is 0 Å². The van der Waals surface area contributed by atoms with Gasteiger partial charge in [-0.05, 0) is 29.7 Å². The van der Waals surface area contributed by atoms with E-state index in [0.717, 1.165) is 5.56 Å². The summed E-state index contributed by atoms with van der Waals surface area (Å²) in [5.41, 5.74) is 1.30. The van der Waals surface area contributed by atoms with Gasteiger partial charge in [0.1, 0.15) is 5.58 Å². The molecule has 0 atom stereocenters. The highest BCUT2D eigenvalue weighted by Gasteiger charge is 2.21. The van der Waals surface area contributed by atoms with Gasteiger partial charge in [0.05, 0.1) is 42.7 Å². The lowest BCUT2D eigenvalue weighted by Crippen LogP contribution is -2.15. The number of fused-ring (bicyclic) bond motifs is 2. The molecule has 27 heavy (non-hydrogen) atoms. The van der Waals surface area contributed by atoms with Crippen LogP contribution in [0.15, 0.2) is 33.5 Å². The van der Waals surface area contributed by atoms with E-state index in [0.29, 0.717) is 11.0 Å². The molecular formula is C20H19NO6. The lowest BCUT2D eigenvalue weighted by Gasteiger charge is -2.10. The van der Waals surface area contributed by atoms with Crippen LogP contribution in [0.4, 0.5) is 0 Å². The third-order valence-corrected chi connectivity index (χ3v) is 4.38. The molecule has 1 aromatic carbocycles. The first-order valence-corrected chi connectivity index (χ1v) is 8.41. The standard InChI is InChI=1S/C20H19NO6/c1-10(2)11-5-6-16-13(7-11)18(23)14-8-12(20(24)26-4)15(9-17(22)25-3)21-19(14)27-16/h5-8,10H,9H2,1-4H3. The fourth-order valence-electron chi connectivity index (χ4n) is 2.83. The minimum absolute atomic E-state index is 0.0297. The Bertz CT molecular complexity index is 1110. The van der Waals surface area contributed by atoms with Crippen LogP contribution >= 0.6 is 0 Å². The van der Waals surface area contributed by atoms with Gasteiger partial charge in [-0.2, -0.15) is 0 Å². The Hall–Kier alpha value is -3.22. The van der Waals surface area contributed by atoms with Crippen LogP contribution < -0.4 is 5.43 Å². The highest BCUT2D eigenvalue weighted by molar-refractivity contribution is 5.97. The number of hydrogen-bond acceptors (Lipinski definition) is 7.